The molecule has 0 bridgehead atoms. The van der Waals surface area contributed by atoms with Gasteiger partial charge in [0.1, 0.15) is 0 Å². The van der Waals surface area contributed by atoms with Gasteiger partial charge in [-0.1, -0.05) is 31.2 Å². The molecule has 2 rings (SSSR count). The van der Waals surface area contributed by atoms with Crippen molar-refractivity contribution in [2.45, 2.75) is 20.0 Å². The fourth-order valence-electron chi connectivity index (χ4n) is 2.70. The van der Waals surface area contributed by atoms with E-state index >= 15 is 0 Å². The number of nitrogens with zero attached hydrogens (tertiary/aromatic N) is 1. The molecule has 0 radical (unpaired) electrons. The van der Waals surface area contributed by atoms with E-state index in [0.29, 0.717) is 12.5 Å². The molecule has 0 aromatic heterocycles. The lowest BCUT2D eigenvalue weighted by Gasteiger charge is -2.17. The van der Waals surface area contributed by atoms with Gasteiger partial charge < -0.3 is 15.5 Å². The van der Waals surface area contributed by atoms with Crippen molar-refractivity contribution >= 4 is 5.91 Å². The van der Waals surface area contributed by atoms with Crippen LogP contribution in [0.5, 0.6) is 0 Å². The van der Waals surface area contributed by atoms with Crippen molar-refractivity contribution in [3.05, 3.63) is 35.4 Å². The van der Waals surface area contributed by atoms with Crippen LogP contribution in [0.3, 0.4) is 0 Å². The topological polar surface area (TPSA) is 44.4 Å². The maximum Gasteiger partial charge on any atom is 0.224 e. The largest absolute Gasteiger partial charge is 0.352 e. The van der Waals surface area contributed by atoms with E-state index in [1.165, 1.54) is 11.1 Å². The molecule has 1 aliphatic heterocycles. The molecule has 1 fully saturated rings. The highest BCUT2D eigenvalue weighted by Crippen LogP contribution is 2.16. The minimum Gasteiger partial charge on any atom is -0.352 e. The molecule has 0 saturated carbocycles. The van der Waals surface area contributed by atoms with Crippen LogP contribution in [0.4, 0.5) is 0 Å². The summed E-state index contributed by atoms with van der Waals surface area (Å²) in [6.45, 7) is 5.38. The van der Waals surface area contributed by atoms with E-state index in [0.717, 1.165) is 19.6 Å². The number of hydrogen-bond acceptors (Lipinski definition) is 3. The van der Waals surface area contributed by atoms with E-state index in [1.54, 1.807) is 0 Å². The van der Waals surface area contributed by atoms with Crippen LogP contribution in [0.15, 0.2) is 24.3 Å². The molecule has 2 atom stereocenters. The Morgan fingerprint density at radius 2 is 2.00 bits per heavy atom. The van der Waals surface area contributed by atoms with Gasteiger partial charge in [0.25, 0.3) is 0 Å². The molecule has 0 unspecified atom stereocenters. The van der Waals surface area contributed by atoms with Gasteiger partial charge in [0.2, 0.25) is 5.91 Å². The molecular formula is C16H25N3O. The molecule has 1 aromatic carbocycles. The van der Waals surface area contributed by atoms with Crippen molar-refractivity contribution in [2.75, 3.05) is 27.2 Å². The Morgan fingerprint density at radius 3 is 2.60 bits per heavy atom. The second-order valence-corrected chi connectivity index (χ2v) is 5.97. The van der Waals surface area contributed by atoms with Crippen molar-refractivity contribution in [1.82, 2.24) is 15.5 Å². The Morgan fingerprint density at radius 1 is 1.30 bits per heavy atom. The zero-order chi connectivity index (χ0) is 14.5. The van der Waals surface area contributed by atoms with Crippen LogP contribution < -0.4 is 10.6 Å². The minimum absolute atomic E-state index is 0.107. The highest BCUT2D eigenvalue weighted by molar-refractivity contribution is 5.79. The fourth-order valence-corrected chi connectivity index (χ4v) is 2.70. The molecular weight excluding hydrogens is 250 g/mol. The van der Waals surface area contributed by atoms with Gasteiger partial charge in [-0.25, -0.2) is 0 Å². The number of hydrogen-bond donors (Lipinski definition) is 2. The second kappa shape index (κ2) is 6.86. The zero-order valence-electron chi connectivity index (χ0n) is 12.6. The molecule has 1 aromatic rings. The summed E-state index contributed by atoms with van der Waals surface area (Å²) < 4.78 is 0. The first-order chi connectivity index (χ1) is 9.58. The Hall–Kier alpha value is -1.39. The summed E-state index contributed by atoms with van der Waals surface area (Å²) in [5.74, 6) is 0.699. The van der Waals surface area contributed by atoms with Crippen LogP contribution in [0.2, 0.25) is 0 Å². The SMILES string of the molecule is C[C@@H]1CNC[C@H]1C(=O)NCc1ccccc1CN(C)C. The Labute approximate surface area is 121 Å². The summed E-state index contributed by atoms with van der Waals surface area (Å²) >= 11 is 0. The van der Waals surface area contributed by atoms with Gasteiger partial charge in [-0.15, -0.1) is 0 Å². The number of nitrogens with one attached hydrogen (secondary N) is 2. The summed E-state index contributed by atoms with van der Waals surface area (Å²) in [5.41, 5.74) is 2.48. The molecule has 1 aliphatic rings. The van der Waals surface area contributed by atoms with Gasteiger partial charge in [-0.3, -0.25) is 4.79 Å². The molecule has 4 nitrogen and oxygen atoms in total. The fraction of sp³-hybridized carbons (Fsp3) is 0.562. The van der Waals surface area contributed by atoms with Gasteiger partial charge in [0.05, 0.1) is 5.92 Å². The van der Waals surface area contributed by atoms with Crippen LogP contribution in [-0.2, 0) is 17.9 Å². The average Bonchev–Trinajstić information content (AvgIpc) is 2.83. The third-order valence-corrected chi connectivity index (χ3v) is 3.91. The van der Waals surface area contributed by atoms with E-state index < -0.39 is 0 Å². The Kier molecular flexibility index (Phi) is 5.15. The number of carbonyl (C=O) groups excluding carboxylic acids is 1. The third kappa shape index (κ3) is 3.81. The van der Waals surface area contributed by atoms with E-state index in [9.17, 15) is 4.79 Å². The van der Waals surface area contributed by atoms with Gasteiger partial charge in [0.15, 0.2) is 0 Å². The quantitative estimate of drug-likeness (QED) is 0.849. The molecule has 0 spiro atoms. The molecule has 4 heteroatoms. The van der Waals surface area contributed by atoms with Gasteiger partial charge in [-0.2, -0.15) is 0 Å². The normalized spacial score (nSPS) is 22.2. The van der Waals surface area contributed by atoms with Crippen molar-refractivity contribution in [3.63, 3.8) is 0 Å². The Bertz CT molecular complexity index is 459. The van der Waals surface area contributed by atoms with Crippen LogP contribution >= 0.6 is 0 Å². The highest BCUT2D eigenvalue weighted by Gasteiger charge is 2.29. The molecule has 0 aliphatic carbocycles. The number of rotatable bonds is 5. The summed E-state index contributed by atoms with van der Waals surface area (Å²) in [5, 5.41) is 6.36. The number of benzene rings is 1. The highest BCUT2D eigenvalue weighted by atomic mass is 16.1. The van der Waals surface area contributed by atoms with Gasteiger partial charge in [0, 0.05) is 19.6 Å². The molecule has 1 heterocycles. The van der Waals surface area contributed by atoms with Gasteiger partial charge >= 0.3 is 0 Å². The van der Waals surface area contributed by atoms with Crippen molar-refractivity contribution in [2.24, 2.45) is 11.8 Å². The van der Waals surface area contributed by atoms with Gasteiger partial charge in [-0.05, 0) is 37.7 Å². The molecule has 1 amide bonds. The van der Waals surface area contributed by atoms with E-state index in [2.05, 4.69) is 48.7 Å². The predicted molar refractivity (Wildman–Crippen MR) is 81.2 cm³/mol. The smallest absolute Gasteiger partial charge is 0.224 e. The summed E-state index contributed by atoms with van der Waals surface area (Å²) in [4.78, 5) is 14.3. The van der Waals surface area contributed by atoms with Crippen LogP contribution in [0, 0.1) is 11.8 Å². The molecule has 110 valence electrons. The van der Waals surface area contributed by atoms with Crippen molar-refractivity contribution < 1.29 is 4.79 Å². The van der Waals surface area contributed by atoms with Crippen molar-refractivity contribution in [3.8, 4) is 0 Å². The minimum atomic E-state index is 0.107. The lowest BCUT2D eigenvalue weighted by Crippen LogP contribution is -2.34. The zero-order valence-corrected chi connectivity index (χ0v) is 12.6. The van der Waals surface area contributed by atoms with Crippen molar-refractivity contribution in [1.29, 1.82) is 0 Å². The van der Waals surface area contributed by atoms with E-state index in [-0.39, 0.29) is 11.8 Å². The molecule has 1 saturated heterocycles. The second-order valence-electron chi connectivity index (χ2n) is 5.97. The maximum absolute atomic E-state index is 12.2. The maximum atomic E-state index is 12.2. The number of amides is 1. The van der Waals surface area contributed by atoms with E-state index in [4.69, 9.17) is 0 Å². The molecule has 2 N–H and O–H groups in total. The predicted octanol–water partition coefficient (Wildman–Crippen LogP) is 1.22. The number of carbonyl (C=O) groups is 1. The van der Waals surface area contributed by atoms with Crippen LogP contribution in [0.25, 0.3) is 0 Å². The van der Waals surface area contributed by atoms with Crippen LogP contribution in [-0.4, -0.2) is 38.0 Å². The van der Waals surface area contributed by atoms with Crippen LogP contribution in [0.1, 0.15) is 18.1 Å². The monoisotopic (exact) mass is 275 g/mol. The summed E-state index contributed by atoms with van der Waals surface area (Å²) in [7, 11) is 4.11. The van der Waals surface area contributed by atoms with E-state index in [1.807, 2.05) is 12.1 Å². The standard InChI is InChI=1S/C16H25N3O/c1-12-8-17-10-15(12)16(20)18-9-13-6-4-5-7-14(13)11-19(2)3/h4-7,12,15,17H,8-11H2,1-3H3,(H,18,20)/t12-,15-/m1/s1. The lowest BCUT2D eigenvalue weighted by atomic mass is 9.97. The molecule has 20 heavy (non-hydrogen) atoms. The first-order valence-electron chi connectivity index (χ1n) is 7.28. The first kappa shape index (κ1) is 15.0. The third-order valence-electron chi connectivity index (χ3n) is 3.91. The lowest BCUT2D eigenvalue weighted by molar-refractivity contribution is -0.125. The summed E-state index contributed by atoms with van der Waals surface area (Å²) in [6.07, 6.45) is 0. The average molecular weight is 275 g/mol. The first-order valence-corrected chi connectivity index (χ1v) is 7.28. The Balaban J connectivity index is 1.95. The summed E-state index contributed by atoms with van der Waals surface area (Å²) in [6, 6.07) is 8.30.